The summed E-state index contributed by atoms with van der Waals surface area (Å²) in [7, 11) is 1.50. The highest BCUT2D eigenvalue weighted by Gasteiger charge is 2.37. The van der Waals surface area contributed by atoms with Gasteiger partial charge in [-0.25, -0.2) is 9.69 Å². The number of benzene rings is 3. The third-order valence-corrected chi connectivity index (χ3v) is 6.62. The number of amides is 4. The molecule has 1 heterocycles. The monoisotopic (exact) mass is 628 g/mol. The Balaban J connectivity index is 1.59. The number of hydrogen-bond acceptors (Lipinski definition) is 6. The van der Waals surface area contributed by atoms with Gasteiger partial charge in [-0.1, -0.05) is 50.1 Å². The Hall–Kier alpha value is -3.63. The molecule has 10 heteroatoms. The first-order chi connectivity index (χ1) is 17.8. The van der Waals surface area contributed by atoms with Crippen LogP contribution in [-0.4, -0.2) is 31.6 Å². The van der Waals surface area contributed by atoms with Crippen molar-refractivity contribution in [3.05, 3.63) is 86.3 Å². The van der Waals surface area contributed by atoms with Crippen molar-refractivity contribution < 1.29 is 28.6 Å². The maximum Gasteiger partial charge on any atom is 0.335 e. The summed E-state index contributed by atoms with van der Waals surface area (Å²) in [6.45, 7) is 2.55. The average molecular weight is 630 g/mol. The Morgan fingerprint density at radius 3 is 2.49 bits per heavy atom. The zero-order valence-corrected chi connectivity index (χ0v) is 23.1. The van der Waals surface area contributed by atoms with E-state index in [1.54, 1.807) is 42.5 Å². The summed E-state index contributed by atoms with van der Waals surface area (Å²) in [6.07, 6.45) is 1.40. The van der Waals surface area contributed by atoms with Crippen molar-refractivity contribution >= 4 is 61.5 Å². The summed E-state index contributed by atoms with van der Waals surface area (Å²) >= 11 is 6.94. The van der Waals surface area contributed by atoms with Crippen molar-refractivity contribution in [2.45, 2.75) is 13.5 Å². The summed E-state index contributed by atoms with van der Waals surface area (Å²) in [5, 5.41) is 2.22. The molecule has 1 fully saturated rings. The second kappa shape index (κ2) is 11.6. The number of nitrogens with zero attached hydrogens (tertiary/aromatic N) is 1. The Bertz CT molecular complexity index is 1410. The number of imide groups is 2. The van der Waals surface area contributed by atoms with E-state index in [4.69, 9.17) is 14.2 Å². The lowest BCUT2D eigenvalue weighted by molar-refractivity contribution is -0.122. The number of nitrogens with one attached hydrogen (secondary N) is 1. The first kappa shape index (κ1) is 26.4. The highest BCUT2D eigenvalue weighted by atomic mass is 79.9. The summed E-state index contributed by atoms with van der Waals surface area (Å²) in [4.78, 5) is 39.2. The van der Waals surface area contributed by atoms with Gasteiger partial charge in [-0.2, -0.15) is 0 Å². The van der Waals surface area contributed by atoms with Gasteiger partial charge in [0.1, 0.15) is 17.9 Å². The van der Waals surface area contributed by atoms with Crippen LogP contribution in [0.3, 0.4) is 0 Å². The second-order valence-electron chi connectivity index (χ2n) is 7.82. The number of barbiturate groups is 1. The fourth-order valence-electron chi connectivity index (χ4n) is 3.63. The molecule has 3 aromatic rings. The summed E-state index contributed by atoms with van der Waals surface area (Å²) in [5.41, 5.74) is 1.55. The van der Waals surface area contributed by atoms with Crippen molar-refractivity contribution in [3.63, 3.8) is 0 Å². The number of ether oxygens (including phenoxy) is 3. The van der Waals surface area contributed by atoms with Crippen LogP contribution >= 0.6 is 31.9 Å². The van der Waals surface area contributed by atoms with Crippen LogP contribution in [-0.2, 0) is 16.2 Å². The molecule has 0 aromatic heterocycles. The Morgan fingerprint density at radius 1 is 0.946 bits per heavy atom. The molecule has 0 bridgehead atoms. The fraction of sp³-hybridized carbons (Fsp3) is 0.148. The number of carbonyl (C=O) groups is 3. The minimum atomic E-state index is -0.832. The van der Waals surface area contributed by atoms with E-state index >= 15 is 0 Å². The fourth-order valence-corrected chi connectivity index (χ4v) is 4.79. The number of urea groups is 1. The summed E-state index contributed by atoms with van der Waals surface area (Å²) < 4.78 is 18.7. The molecule has 0 atom stereocenters. The molecule has 4 rings (SSSR count). The summed E-state index contributed by atoms with van der Waals surface area (Å²) in [5.74, 6) is -0.126. The standard InChI is InChI=1S/C27H22Br2N2O6/c1-3-36-20-6-4-5-19(14-20)31-26(33)21(25(32)30-27(31)34)11-16-7-10-23(24(12-16)35-2)37-15-17-8-9-18(28)13-22(17)29/h4-14H,3,15H2,1-2H3,(H,30,32,34)/b21-11+. The molecule has 0 radical (unpaired) electrons. The molecule has 37 heavy (non-hydrogen) atoms. The zero-order valence-electron chi connectivity index (χ0n) is 19.9. The Kier molecular flexibility index (Phi) is 8.30. The van der Waals surface area contributed by atoms with E-state index in [0.717, 1.165) is 19.4 Å². The molecule has 1 N–H and O–H groups in total. The quantitative estimate of drug-likeness (QED) is 0.248. The SMILES string of the molecule is CCOc1cccc(N2C(=O)NC(=O)/C(=C\c3ccc(OCc4ccc(Br)cc4Br)c(OC)c3)C2=O)c1. The van der Waals surface area contributed by atoms with Crippen LogP contribution in [0.4, 0.5) is 10.5 Å². The van der Waals surface area contributed by atoms with Crippen molar-refractivity contribution in [2.24, 2.45) is 0 Å². The topological polar surface area (TPSA) is 94.2 Å². The van der Waals surface area contributed by atoms with E-state index < -0.39 is 17.8 Å². The molecular weight excluding hydrogens is 608 g/mol. The second-order valence-corrected chi connectivity index (χ2v) is 9.59. The van der Waals surface area contributed by atoms with Crippen LogP contribution < -0.4 is 24.4 Å². The van der Waals surface area contributed by atoms with E-state index in [1.165, 1.54) is 13.2 Å². The summed E-state index contributed by atoms with van der Waals surface area (Å²) in [6, 6.07) is 16.5. The molecular formula is C27H22Br2N2O6. The van der Waals surface area contributed by atoms with Gasteiger partial charge in [0.2, 0.25) is 0 Å². The van der Waals surface area contributed by atoms with Crippen molar-refractivity contribution in [1.82, 2.24) is 5.32 Å². The predicted octanol–water partition coefficient (Wildman–Crippen LogP) is 5.86. The third kappa shape index (κ3) is 6.03. The van der Waals surface area contributed by atoms with E-state index in [2.05, 4.69) is 37.2 Å². The van der Waals surface area contributed by atoms with Gasteiger partial charge in [0.15, 0.2) is 11.5 Å². The first-order valence-corrected chi connectivity index (χ1v) is 12.8. The molecule has 0 saturated carbocycles. The third-order valence-electron chi connectivity index (χ3n) is 5.39. The lowest BCUT2D eigenvalue weighted by Gasteiger charge is -2.26. The highest BCUT2D eigenvalue weighted by Crippen LogP contribution is 2.32. The smallest absolute Gasteiger partial charge is 0.335 e. The highest BCUT2D eigenvalue weighted by molar-refractivity contribution is 9.11. The molecule has 4 amide bonds. The molecule has 3 aromatic carbocycles. The minimum Gasteiger partial charge on any atom is -0.494 e. The Morgan fingerprint density at radius 2 is 1.76 bits per heavy atom. The number of halogens is 2. The van der Waals surface area contributed by atoms with Crippen LogP contribution in [0.1, 0.15) is 18.1 Å². The van der Waals surface area contributed by atoms with E-state index in [0.29, 0.717) is 36.0 Å². The van der Waals surface area contributed by atoms with Crippen LogP contribution in [0.5, 0.6) is 17.2 Å². The van der Waals surface area contributed by atoms with E-state index in [9.17, 15) is 14.4 Å². The van der Waals surface area contributed by atoms with Crippen LogP contribution in [0.2, 0.25) is 0 Å². The largest absolute Gasteiger partial charge is 0.494 e. The number of hydrogen-bond donors (Lipinski definition) is 1. The molecule has 8 nitrogen and oxygen atoms in total. The van der Waals surface area contributed by atoms with Gasteiger partial charge in [-0.05, 0) is 55.0 Å². The van der Waals surface area contributed by atoms with E-state index in [-0.39, 0.29) is 11.3 Å². The van der Waals surface area contributed by atoms with Gasteiger partial charge in [-0.3, -0.25) is 14.9 Å². The lowest BCUT2D eigenvalue weighted by Crippen LogP contribution is -2.54. The zero-order chi connectivity index (χ0) is 26.5. The van der Waals surface area contributed by atoms with Crippen molar-refractivity contribution in [3.8, 4) is 17.2 Å². The molecule has 0 unspecified atom stereocenters. The Labute approximate surface area is 230 Å². The van der Waals surface area contributed by atoms with Crippen LogP contribution in [0, 0.1) is 0 Å². The molecule has 0 aliphatic carbocycles. The lowest BCUT2D eigenvalue weighted by atomic mass is 10.1. The minimum absolute atomic E-state index is 0.198. The van der Waals surface area contributed by atoms with Gasteiger partial charge in [0, 0.05) is 20.6 Å². The predicted molar refractivity (Wildman–Crippen MR) is 146 cm³/mol. The number of rotatable bonds is 8. The first-order valence-electron chi connectivity index (χ1n) is 11.2. The maximum atomic E-state index is 13.2. The van der Waals surface area contributed by atoms with Gasteiger partial charge in [0.25, 0.3) is 11.8 Å². The van der Waals surface area contributed by atoms with Gasteiger partial charge < -0.3 is 14.2 Å². The van der Waals surface area contributed by atoms with E-state index in [1.807, 2.05) is 25.1 Å². The average Bonchev–Trinajstić information content (AvgIpc) is 2.87. The van der Waals surface area contributed by atoms with Crippen LogP contribution in [0.15, 0.2) is 75.2 Å². The van der Waals surface area contributed by atoms with Crippen molar-refractivity contribution in [1.29, 1.82) is 0 Å². The number of carbonyl (C=O) groups excluding carboxylic acids is 3. The van der Waals surface area contributed by atoms with Gasteiger partial charge in [0.05, 0.1) is 19.4 Å². The van der Waals surface area contributed by atoms with Gasteiger partial charge in [-0.15, -0.1) is 0 Å². The van der Waals surface area contributed by atoms with Gasteiger partial charge >= 0.3 is 6.03 Å². The molecule has 0 spiro atoms. The van der Waals surface area contributed by atoms with Crippen LogP contribution in [0.25, 0.3) is 6.08 Å². The maximum absolute atomic E-state index is 13.2. The normalized spacial score (nSPS) is 14.5. The molecule has 1 saturated heterocycles. The molecule has 1 aliphatic heterocycles. The number of anilines is 1. The number of methoxy groups -OCH3 is 1. The van der Waals surface area contributed by atoms with Crippen molar-refractivity contribution in [2.75, 3.05) is 18.6 Å². The molecule has 1 aliphatic rings. The molecule has 190 valence electrons.